The molecule has 0 saturated heterocycles. The molecule has 0 radical (unpaired) electrons. The Labute approximate surface area is 142 Å². The third-order valence-electron chi connectivity index (χ3n) is 3.48. The summed E-state index contributed by atoms with van der Waals surface area (Å²) in [4.78, 5) is 34.5. The summed E-state index contributed by atoms with van der Waals surface area (Å²) in [6.45, 7) is 7.14. The minimum atomic E-state index is -0.740. The lowest BCUT2D eigenvalue weighted by Gasteiger charge is -2.01. The van der Waals surface area contributed by atoms with Crippen molar-refractivity contribution in [3.63, 3.8) is 0 Å². The van der Waals surface area contributed by atoms with Gasteiger partial charge in [-0.3, -0.25) is 4.79 Å². The maximum Gasteiger partial charge on any atom is 0.378 e. The van der Waals surface area contributed by atoms with E-state index < -0.39 is 5.97 Å². The van der Waals surface area contributed by atoms with E-state index in [-0.39, 0.29) is 18.2 Å². The molecule has 0 aromatic carbocycles. The van der Waals surface area contributed by atoms with Gasteiger partial charge in [0.1, 0.15) is 0 Å². The zero-order valence-electron chi connectivity index (χ0n) is 13.8. The van der Waals surface area contributed by atoms with E-state index in [9.17, 15) is 9.59 Å². The Morgan fingerprint density at radius 3 is 2.58 bits per heavy atom. The molecule has 3 rings (SSSR count). The highest BCUT2D eigenvalue weighted by Crippen LogP contribution is 2.21. The van der Waals surface area contributed by atoms with Gasteiger partial charge in [-0.15, -0.1) is 16.4 Å². The van der Waals surface area contributed by atoms with Crippen molar-refractivity contribution >= 4 is 28.9 Å². The molecule has 0 bridgehead atoms. The summed E-state index contributed by atoms with van der Waals surface area (Å²) in [7, 11) is 0. The van der Waals surface area contributed by atoms with Gasteiger partial charge in [0.25, 0.3) is 11.6 Å². The number of ether oxygens (including phenoxy) is 1. The van der Waals surface area contributed by atoms with Crippen molar-refractivity contribution in [1.82, 2.24) is 19.6 Å². The van der Waals surface area contributed by atoms with Gasteiger partial charge in [0, 0.05) is 26.7 Å². The number of carbonyl (C=O) groups excluding carboxylic acids is 2. The number of Topliss-reactive ketones (excluding diaryl/α,β-unsaturated/α-hetero) is 1. The second-order valence-electron chi connectivity index (χ2n) is 5.51. The van der Waals surface area contributed by atoms with Crippen LogP contribution in [0, 0.1) is 27.7 Å². The average molecular weight is 344 g/mol. The molecule has 0 aliphatic carbocycles. The van der Waals surface area contributed by atoms with Gasteiger partial charge in [-0.25, -0.2) is 14.3 Å². The van der Waals surface area contributed by atoms with Crippen molar-refractivity contribution in [2.75, 3.05) is 6.61 Å². The molecule has 124 valence electrons. The second kappa shape index (κ2) is 6.12. The molecule has 0 unspecified atom stereocenters. The molecule has 0 saturated carbocycles. The van der Waals surface area contributed by atoms with Crippen LogP contribution in [0.5, 0.6) is 0 Å². The largest absolute Gasteiger partial charge is 0.451 e. The highest BCUT2D eigenvalue weighted by atomic mass is 32.1. The molecule has 0 fully saturated rings. The minimum absolute atomic E-state index is 0.109. The number of aromatic nitrogens is 4. The molecule has 0 aliphatic rings. The Morgan fingerprint density at radius 2 is 1.92 bits per heavy atom. The van der Waals surface area contributed by atoms with Crippen molar-refractivity contribution in [2.45, 2.75) is 27.7 Å². The molecular weight excluding hydrogens is 328 g/mol. The summed E-state index contributed by atoms with van der Waals surface area (Å²) < 4.78 is 6.53. The number of nitrogens with zero attached hydrogens (tertiary/aromatic N) is 4. The normalized spacial score (nSPS) is 11.0. The number of thiophene rings is 1. The van der Waals surface area contributed by atoms with Crippen LogP contribution in [0.15, 0.2) is 12.1 Å². The molecule has 8 heteroatoms. The van der Waals surface area contributed by atoms with Crippen LogP contribution in [-0.4, -0.2) is 37.9 Å². The maximum absolute atomic E-state index is 12.2. The number of aryl methyl sites for hydroxylation is 4. The van der Waals surface area contributed by atoms with Gasteiger partial charge in [0.2, 0.25) is 5.78 Å². The van der Waals surface area contributed by atoms with Gasteiger partial charge in [0.05, 0.1) is 0 Å². The van der Waals surface area contributed by atoms with Crippen molar-refractivity contribution < 1.29 is 14.3 Å². The molecule has 0 amide bonds. The SMILES string of the molecule is Cc1cc(C)n2nc(C(=O)OCC(=O)c3cc(C)sc3C)nc2n1. The van der Waals surface area contributed by atoms with Gasteiger partial charge in [-0.05, 0) is 39.8 Å². The van der Waals surface area contributed by atoms with Crippen LogP contribution >= 0.6 is 11.3 Å². The van der Waals surface area contributed by atoms with E-state index in [1.807, 2.05) is 33.8 Å². The molecule has 0 N–H and O–H groups in total. The molecule has 0 atom stereocenters. The third-order valence-corrected chi connectivity index (χ3v) is 4.44. The first-order valence-corrected chi connectivity index (χ1v) is 8.15. The summed E-state index contributed by atoms with van der Waals surface area (Å²) >= 11 is 1.54. The van der Waals surface area contributed by atoms with Crippen LogP contribution in [0.2, 0.25) is 0 Å². The zero-order chi connectivity index (χ0) is 17.4. The lowest BCUT2D eigenvalue weighted by molar-refractivity contribution is 0.0463. The zero-order valence-corrected chi connectivity index (χ0v) is 14.6. The van der Waals surface area contributed by atoms with Crippen LogP contribution in [0.25, 0.3) is 5.78 Å². The van der Waals surface area contributed by atoms with E-state index in [0.717, 1.165) is 21.1 Å². The third kappa shape index (κ3) is 3.05. The Balaban J connectivity index is 1.74. The smallest absolute Gasteiger partial charge is 0.378 e. The van der Waals surface area contributed by atoms with Crippen LogP contribution < -0.4 is 0 Å². The fourth-order valence-corrected chi connectivity index (χ4v) is 3.38. The fourth-order valence-electron chi connectivity index (χ4n) is 2.43. The Kier molecular flexibility index (Phi) is 4.15. The number of hydrogen-bond donors (Lipinski definition) is 0. The first-order chi connectivity index (χ1) is 11.3. The van der Waals surface area contributed by atoms with Crippen molar-refractivity contribution in [2.24, 2.45) is 0 Å². The predicted molar refractivity (Wildman–Crippen MR) is 88.7 cm³/mol. The van der Waals surface area contributed by atoms with Gasteiger partial charge < -0.3 is 4.74 Å². The highest BCUT2D eigenvalue weighted by molar-refractivity contribution is 7.12. The van der Waals surface area contributed by atoms with E-state index in [1.165, 1.54) is 15.9 Å². The van der Waals surface area contributed by atoms with E-state index in [4.69, 9.17) is 4.74 Å². The Hall–Kier alpha value is -2.61. The summed E-state index contributed by atoms with van der Waals surface area (Å²) in [6, 6.07) is 3.64. The predicted octanol–water partition coefficient (Wildman–Crippen LogP) is 2.46. The standard InChI is InChI=1S/C16H16N4O3S/c1-8-5-9(2)20-16(17-8)18-14(19-20)15(22)23-7-13(21)12-6-10(3)24-11(12)4/h5-6H,7H2,1-4H3. The van der Waals surface area contributed by atoms with E-state index in [2.05, 4.69) is 15.1 Å². The first-order valence-electron chi connectivity index (χ1n) is 7.33. The molecule has 0 spiro atoms. The molecule has 3 heterocycles. The first kappa shape index (κ1) is 16.3. The van der Waals surface area contributed by atoms with Crippen LogP contribution in [0.3, 0.4) is 0 Å². The Bertz CT molecular complexity index is 958. The van der Waals surface area contributed by atoms with Crippen LogP contribution in [0.4, 0.5) is 0 Å². The van der Waals surface area contributed by atoms with Gasteiger partial charge in [-0.1, -0.05) is 0 Å². The van der Waals surface area contributed by atoms with Gasteiger partial charge in [-0.2, -0.15) is 4.98 Å². The van der Waals surface area contributed by atoms with Crippen molar-refractivity contribution in [3.8, 4) is 0 Å². The summed E-state index contributed by atoms with van der Waals surface area (Å²) in [5.41, 5.74) is 2.18. The van der Waals surface area contributed by atoms with Gasteiger partial charge in [0.15, 0.2) is 6.61 Å². The lowest BCUT2D eigenvalue weighted by Crippen LogP contribution is -2.15. The van der Waals surface area contributed by atoms with Gasteiger partial charge >= 0.3 is 5.97 Å². The molecule has 7 nitrogen and oxygen atoms in total. The van der Waals surface area contributed by atoms with Crippen LogP contribution in [-0.2, 0) is 4.74 Å². The van der Waals surface area contributed by atoms with E-state index in [1.54, 1.807) is 6.07 Å². The number of fused-ring (bicyclic) bond motifs is 1. The molecule has 24 heavy (non-hydrogen) atoms. The number of esters is 1. The maximum atomic E-state index is 12.2. The molecular formula is C16H16N4O3S. The highest BCUT2D eigenvalue weighted by Gasteiger charge is 2.19. The summed E-state index contributed by atoms with van der Waals surface area (Å²) in [6.07, 6.45) is 0. The fraction of sp³-hybridized carbons (Fsp3) is 0.312. The minimum Gasteiger partial charge on any atom is -0.451 e. The monoisotopic (exact) mass is 344 g/mol. The lowest BCUT2D eigenvalue weighted by atomic mass is 10.2. The summed E-state index contributed by atoms with van der Waals surface area (Å²) in [5.74, 6) is -0.757. The topological polar surface area (TPSA) is 86.5 Å². The molecule has 3 aromatic rings. The number of rotatable bonds is 4. The van der Waals surface area contributed by atoms with Crippen LogP contribution in [0.1, 0.15) is 42.1 Å². The van der Waals surface area contributed by atoms with E-state index in [0.29, 0.717) is 11.3 Å². The molecule has 3 aromatic heterocycles. The summed E-state index contributed by atoms with van der Waals surface area (Å²) in [5, 5.41) is 4.08. The average Bonchev–Trinajstić information content (AvgIpc) is 3.07. The Morgan fingerprint density at radius 1 is 1.17 bits per heavy atom. The second-order valence-corrected chi connectivity index (χ2v) is 6.97. The number of carbonyl (C=O) groups is 2. The molecule has 0 aliphatic heterocycles. The quantitative estimate of drug-likeness (QED) is 0.534. The van der Waals surface area contributed by atoms with E-state index >= 15 is 0 Å². The van der Waals surface area contributed by atoms with Crippen molar-refractivity contribution in [1.29, 1.82) is 0 Å². The number of hydrogen-bond acceptors (Lipinski definition) is 7. The van der Waals surface area contributed by atoms with Crippen molar-refractivity contribution in [3.05, 3.63) is 44.7 Å². The number of ketones is 1.